The molecular weight excluding hydrogens is 275 g/mol. The molecule has 1 rings (SSSR count). The van der Waals surface area contributed by atoms with Crippen LogP contribution in [0.3, 0.4) is 0 Å². The number of nitrogen functional groups attached to an aromatic ring is 1. The molecular formula is C12H18F3N3S. The van der Waals surface area contributed by atoms with Gasteiger partial charge < -0.3 is 10.6 Å². The van der Waals surface area contributed by atoms with E-state index in [4.69, 9.17) is 5.73 Å². The summed E-state index contributed by atoms with van der Waals surface area (Å²) in [5.41, 5.74) is 4.70. The standard InChI is InChI=1S/C12H18F3N3S/c1-4-9(7-19-3)18(2)11-6-8(12(13,14)15)5-10(16)17-11/h5-6,9H,4,7H2,1-3H3,(H2,16,17). The smallest absolute Gasteiger partial charge is 0.384 e. The van der Waals surface area contributed by atoms with Crippen LogP contribution >= 0.6 is 11.8 Å². The zero-order valence-electron chi connectivity index (χ0n) is 11.2. The first-order chi connectivity index (χ1) is 8.79. The third-order valence-electron chi connectivity index (χ3n) is 2.90. The monoisotopic (exact) mass is 293 g/mol. The third kappa shape index (κ3) is 4.19. The first-order valence-corrected chi connectivity index (χ1v) is 7.25. The SMILES string of the molecule is CCC(CSC)N(C)c1cc(C(F)(F)F)cc(N)n1. The summed E-state index contributed by atoms with van der Waals surface area (Å²) in [5, 5.41) is 0. The summed E-state index contributed by atoms with van der Waals surface area (Å²) < 4.78 is 38.2. The Hall–Kier alpha value is -1.11. The number of pyridine rings is 1. The van der Waals surface area contributed by atoms with Crippen LogP contribution in [0.15, 0.2) is 12.1 Å². The molecule has 1 atom stereocenters. The molecule has 0 aliphatic rings. The van der Waals surface area contributed by atoms with Crippen molar-refractivity contribution >= 4 is 23.4 Å². The van der Waals surface area contributed by atoms with E-state index in [1.165, 1.54) is 0 Å². The molecule has 2 N–H and O–H groups in total. The minimum absolute atomic E-state index is 0.115. The number of hydrogen-bond acceptors (Lipinski definition) is 4. The largest absolute Gasteiger partial charge is 0.416 e. The number of nitrogens with two attached hydrogens (primary N) is 1. The predicted octanol–water partition coefficient (Wildman–Crippen LogP) is 3.26. The first kappa shape index (κ1) is 15.9. The molecule has 19 heavy (non-hydrogen) atoms. The molecule has 7 heteroatoms. The van der Waals surface area contributed by atoms with Gasteiger partial charge in [0.25, 0.3) is 0 Å². The van der Waals surface area contributed by atoms with Gasteiger partial charge in [0.05, 0.1) is 5.56 Å². The van der Waals surface area contributed by atoms with E-state index in [0.29, 0.717) is 0 Å². The van der Waals surface area contributed by atoms with Crippen LogP contribution in [-0.2, 0) is 6.18 Å². The van der Waals surface area contributed by atoms with Crippen molar-refractivity contribution in [2.45, 2.75) is 25.6 Å². The molecule has 0 fully saturated rings. The second-order valence-electron chi connectivity index (χ2n) is 4.26. The van der Waals surface area contributed by atoms with E-state index >= 15 is 0 Å². The van der Waals surface area contributed by atoms with Crippen molar-refractivity contribution in [3.05, 3.63) is 17.7 Å². The Kier molecular flexibility index (Phi) is 5.34. The van der Waals surface area contributed by atoms with Gasteiger partial charge in [0.15, 0.2) is 0 Å². The highest BCUT2D eigenvalue weighted by molar-refractivity contribution is 7.98. The minimum atomic E-state index is -4.41. The number of hydrogen-bond donors (Lipinski definition) is 1. The van der Waals surface area contributed by atoms with Crippen LogP contribution in [0.2, 0.25) is 0 Å². The summed E-state index contributed by atoms with van der Waals surface area (Å²) in [7, 11) is 1.74. The summed E-state index contributed by atoms with van der Waals surface area (Å²) in [6.45, 7) is 1.99. The van der Waals surface area contributed by atoms with Gasteiger partial charge in [-0.25, -0.2) is 4.98 Å². The maximum Gasteiger partial charge on any atom is 0.416 e. The zero-order chi connectivity index (χ0) is 14.6. The average molecular weight is 293 g/mol. The molecule has 0 spiro atoms. The quantitative estimate of drug-likeness (QED) is 0.905. The van der Waals surface area contributed by atoms with Crippen LogP contribution in [0.1, 0.15) is 18.9 Å². The van der Waals surface area contributed by atoms with Gasteiger partial charge >= 0.3 is 6.18 Å². The fourth-order valence-corrected chi connectivity index (χ4v) is 2.61. The summed E-state index contributed by atoms with van der Waals surface area (Å²) >= 11 is 1.65. The highest BCUT2D eigenvalue weighted by Crippen LogP contribution is 2.32. The van der Waals surface area contributed by atoms with E-state index in [2.05, 4.69) is 4.98 Å². The fraction of sp³-hybridized carbons (Fsp3) is 0.583. The van der Waals surface area contributed by atoms with Crippen LogP contribution < -0.4 is 10.6 Å². The zero-order valence-corrected chi connectivity index (χ0v) is 12.0. The summed E-state index contributed by atoms with van der Waals surface area (Å²) in [5.74, 6) is 0.967. The molecule has 0 aliphatic carbocycles. The number of thioether (sulfide) groups is 1. The molecule has 0 bridgehead atoms. The van der Waals surface area contributed by atoms with Crippen LogP contribution in [0.25, 0.3) is 0 Å². The highest BCUT2D eigenvalue weighted by Gasteiger charge is 2.32. The molecule has 1 aromatic heterocycles. The Morgan fingerprint density at radius 2 is 2.05 bits per heavy atom. The first-order valence-electron chi connectivity index (χ1n) is 5.86. The molecule has 0 aromatic carbocycles. The van der Waals surface area contributed by atoms with E-state index in [1.54, 1.807) is 23.7 Å². The number of nitrogens with zero attached hydrogens (tertiary/aromatic N) is 2. The van der Waals surface area contributed by atoms with Crippen LogP contribution in [0, 0.1) is 0 Å². The summed E-state index contributed by atoms with van der Waals surface area (Å²) in [6.07, 6.45) is -1.62. The summed E-state index contributed by atoms with van der Waals surface area (Å²) in [6, 6.07) is 2.03. The minimum Gasteiger partial charge on any atom is -0.384 e. The molecule has 0 radical (unpaired) electrons. The lowest BCUT2D eigenvalue weighted by atomic mass is 10.2. The maximum atomic E-state index is 12.7. The molecule has 0 saturated heterocycles. The van der Waals surface area contributed by atoms with Gasteiger partial charge in [0.1, 0.15) is 11.6 Å². The van der Waals surface area contributed by atoms with Gasteiger partial charge in [-0.05, 0) is 24.8 Å². The van der Waals surface area contributed by atoms with Crippen molar-refractivity contribution < 1.29 is 13.2 Å². The van der Waals surface area contributed by atoms with Crippen LogP contribution in [0.5, 0.6) is 0 Å². The number of alkyl halides is 3. The van der Waals surface area contributed by atoms with Crippen molar-refractivity contribution in [2.75, 3.05) is 29.7 Å². The molecule has 108 valence electrons. The molecule has 1 unspecified atom stereocenters. The normalized spacial score (nSPS) is 13.4. The van der Waals surface area contributed by atoms with Crippen molar-refractivity contribution in [1.82, 2.24) is 4.98 Å². The van der Waals surface area contributed by atoms with E-state index in [0.717, 1.165) is 24.3 Å². The van der Waals surface area contributed by atoms with E-state index in [-0.39, 0.29) is 17.7 Å². The van der Waals surface area contributed by atoms with E-state index in [1.807, 2.05) is 13.2 Å². The van der Waals surface area contributed by atoms with Gasteiger partial charge in [-0.3, -0.25) is 0 Å². The van der Waals surface area contributed by atoms with Crippen molar-refractivity contribution in [3.63, 3.8) is 0 Å². The number of aromatic nitrogens is 1. The Labute approximate surface area is 115 Å². The highest BCUT2D eigenvalue weighted by atomic mass is 32.2. The van der Waals surface area contributed by atoms with Crippen molar-refractivity contribution in [2.24, 2.45) is 0 Å². The van der Waals surface area contributed by atoms with Crippen molar-refractivity contribution in [1.29, 1.82) is 0 Å². The number of anilines is 2. The lowest BCUT2D eigenvalue weighted by Crippen LogP contribution is -2.34. The second-order valence-corrected chi connectivity index (χ2v) is 5.18. The Bertz CT molecular complexity index is 423. The van der Waals surface area contributed by atoms with Gasteiger partial charge in [-0.2, -0.15) is 24.9 Å². The topological polar surface area (TPSA) is 42.1 Å². The molecule has 3 nitrogen and oxygen atoms in total. The van der Waals surface area contributed by atoms with E-state index < -0.39 is 11.7 Å². The maximum absolute atomic E-state index is 12.7. The Morgan fingerprint density at radius 3 is 2.53 bits per heavy atom. The molecule has 1 aromatic rings. The average Bonchev–Trinajstić information content (AvgIpc) is 2.33. The lowest BCUT2D eigenvalue weighted by Gasteiger charge is -2.28. The fourth-order valence-electron chi connectivity index (χ4n) is 1.76. The predicted molar refractivity (Wildman–Crippen MR) is 74.5 cm³/mol. The van der Waals surface area contributed by atoms with Crippen LogP contribution in [-0.4, -0.2) is 30.1 Å². The van der Waals surface area contributed by atoms with Crippen molar-refractivity contribution in [3.8, 4) is 0 Å². The summed E-state index contributed by atoms with van der Waals surface area (Å²) in [4.78, 5) is 5.74. The number of rotatable bonds is 5. The van der Waals surface area contributed by atoms with Gasteiger partial charge in [0.2, 0.25) is 0 Å². The van der Waals surface area contributed by atoms with Gasteiger partial charge in [-0.1, -0.05) is 6.92 Å². The Balaban J connectivity index is 3.09. The lowest BCUT2D eigenvalue weighted by molar-refractivity contribution is -0.137. The van der Waals surface area contributed by atoms with Gasteiger partial charge in [-0.15, -0.1) is 0 Å². The number of halogens is 3. The molecule has 0 aliphatic heterocycles. The molecule has 1 heterocycles. The third-order valence-corrected chi connectivity index (χ3v) is 3.62. The van der Waals surface area contributed by atoms with E-state index in [9.17, 15) is 13.2 Å². The second kappa shape index (κ2) is 6.36. The Morgan fingerprint density at radius 1 is 1.42 bits per heavy atom. The van der Waals surface area contributed by atoms with Gasteiger partial charge in [0, 0.05) is 18.8 Å². The molecule has 0 amide bonds. The molecule has 0 saturated carbocycles. The van der Waals surface area contributed by atoms with Crippen LogP contribution in [0.4, 0.5) is 24.8 Å².